The minimum Gasteiger partial charge on any atom is -0.465 e. The Balaban J connectivity index is 3.17. The van der Waals surface area contributed by atoms with Crippen molar-refractivity contribution in [2.24, 2.45) is 17.3 Å². The first-order valence-corrected chi connectivity index (χ1v) is 7.91. The Hall–Kier alpha value is -1.10. The predicted molar refractivity (Wildman–Crippen MR) is 78.7 cm³/mol. The molecule has 1 unspecified atom stereocenters. The summed E-state index contributed by atoms with van der Waals surface area (Å²) in [7, 11) is 0. The van der Waals surface area contributed by atoms with Gasteiger partial charge in [-0.25, -0.2) is 0 Å². The van der Waals surface area contributed by atoms with Crippen LogP contribution in [0, 0.1) is 17.3 Å². The minimum absolute atomic E-state index is 0.174. The highest BCUT2D eigenvalue weighted by molar-refractivity contribution is 6.00. The van der Waals surface area contributed by atoms with Crippen LogP contribution in [-0.4, -0.2) is 38.4 Å². The van der Waals surface area contributed by atoms with Crippen molar-refractivity contribution in [3.8, 4) is 0 Å². The first-order valence-electron chi connectivity index (χ1n) is 7.91. The van der Waals surface area contributed by atoms with Crippen molar-refractivity contribution in [1.82, 2.24) is 0 Å². The van der Waals surface area contributed by atoms with Gasteiger partial charge in [-0.1, -0.05) is 13.8 Å². The molecule has 0 aromatic rings. The van der Waals surface area contributed by atoms with Crippen LogP contribution in [-0.2, 0) is 23.8 Å². The van der Waals surface area contributed by atoms with E-state index in [2.05, 4.69) is 0 Å². The van der Waals surface area contributed by atoms with E-state index in [1.165, 1.54) is 0 Å². The first kappa shape index (κ1) is 18.0. The molecule has 0 saturated carbocycles. The fourth-order valence-corrected chi connectivity index (χ4v) is 3.04. The molecular formula is C16H28O5. The van der Waals surface area contributed by atoms with Crippen molar-refractivity contribution in [1.29, 1.82) is 0 Å². The normalized spacial score (nSPS) is 19.4. The molecule has 21 heavy (non-hydrogen) atoms. The van der Waals surface area contributed by atoms with Gasteiger partial charge in [-0.05, 0) is 39.0 Å². The second kappa shape index (κ2) is 8.37. The van der Waals surface area contributed by atoms with Gasteiger partial charge in [-0.15, -0.1) is 0 Å². The Labute approximate surface area is 127 Å². The van der Waals surface area contributed by atoms with E-state index in [0.29, 0.717) is 19.6 Å². The van der Waals surface area contributed by atoms with E-state index >= 15 is 0 Å². The average Bonchev–Trinajstić information content (AvgIpc) is 2.45. The van der Waals surface area contributed by atoms with Crippen molar-refractivity contribution in [3.05, 3.63) is 0 Å². The molecule has 0 spiro atoms. The topological polar surface area (TPSA) is 61.8 Å². The van der Waals surface area contributed by atoms with Crippen LogP contribution in [0.15, 0.2) is 0 Å². The standard InChI is InChI=1S/C16H28O5/c1-5-20-14(17)16(10-12(3)4,15(18)21-6-2)13-8-7-9-19-11-13/h12-13H,5-11H2,1-4H3. The molecule has 1 fully saturated rings. The van der Waals surface area contributed by atoms with Crippen LogP contribution in [0.3, 0.4) is 0 Å². The third-order valence-electron chi connectivity index (χ3n) is 3.87. The van der Waals surface area contributed by atoms with Crippen LogP contribution in [0.25, 0.3) is 0 Å². The quantitative estimate of drug-likeness (QED) is 0.534. The first-order chi connectivity index (χ1) is 9.98. The van der Waals surface area contributed by atoms with E-state index in [1.807, 2.05) is 13.8 Å². The van der Waals surface area contributed by atoms with Crippen molar-refractivity contribution in [2.45, 2.75) is 47.0 Å². The second-order valence-corrected chi connectivity index (χ2v) is 5.92. The van der Waals surface area contributed by atoms with E-state index in [4.69, 9.17) is 14.2 Å². The summed E-state index contributed by atoms with van der Waals surface area (Å²) in [5.41, 5.74) is -1.24. The van der Waals surface area contributed by atoms with E-state index in [1.54, 1.807) is 13.8 Å². The van der Waals surface area contributed by atoms with E-state index in [9.17, 15) is 9.59 Å². The Kier molecular flexibility index (Phi) is 7.15. The summed E-state index contributed by atoms with van der Waals surface area (Å²) in [5, 5.41) is 0. The maximum absolute atomic E-state index is 12.6. The SMILES string of the molecule is CCOC(=O)C(CC(C)C)(C(=O)OCC)C1CCCOC1. The summed E-state index contributed by atoms with van der Waals surface area (Å²) >= 11 is 0. The lowest BCUT2D eigenvalue weighted by atomic mass is 9.68. The van der Waals surface area contributed by atoms with Crippen LogP contribution in [0.1, 0.15) is 47.0 Å². The molecule has 0 bridgehead atoms. The van der Waals surface area contributed by atoms with Gasteiger partial charge in [0.05, 0.1) is 19.8 Å². The van der Waals surface area contributed by atoms with Crippen LogP contribution in [0.5, 0.6) is 0 Å². The van der Waals surface area contributed by atoms with Crippen molar-refractivity contribution < 1.29 is 23.8 Å². The number of carbonyl (C=O) groups is 2. The van der Waals surface area contributed by atoms with E-state index < -0.39 is 17.4 Å². The molecule has 1 aliphatic rings. The molecule has 5 nitrogen and oxygen atoms in total. The second-order valence-electron chi connectivity index (χ2n) is 5.92. The molecule has 1 heterocycles. The Morgan fingerprint density at radius 1 is 1.19 bits per heavy atom. The number of carbonyl (C=O) groups excluding carboxylic acids is 2. The lowest BCUT2D eigenvalue weighted by Gasteiger charge is -2.39. The van der Waals surface area contributed by atoms with Crippen LogP contribution in [0.4, 0.5) is 0 Å². The largest absolute Gasteiger partial charge is 0.465 e. The van der Waals surface area contributed by atoms with Crippen LogP contribution in [0.2, 0.25) is 0 Å². The number of ether oxygens (including phenoxy) is 3. The zero-order valence-corrected chi connectivity index (χ0v) is 13.6. The zero-order valence-electron chi connectivity index (χ0n) is 13.6. The number of hydrogen-bond acceptors (Lipinski definition) is 5. The van der Waals surface area contributed by atoms with Gasteiger partial charge in [0, 0.05) is 12.5 Å². The molecule has 0 N–H and O–H groups in total. The summed E-state index contributed by atoms with van der Waals surface area (Å²) in [5.74, 6) is -0.923. The highest BCUT2D eigenvalue weighted by Gasteiger charge is 2.55. The molecule has 0 radical (unpaired) electrons. The van der Waals surface area contributed by atoms with Gasteiger partial charge in [0.15, 0.2) is 5.41 Å². The maximum Gasteiger partial charge on any atom is 0.323 e. The molecular weight excluding hydrogens is 272 g/mol. The Bertz CT molecular complexity index is 327. The molecule has 0 aromatic carbocycles. The third-order valence-corrected chi connectivity index (χ3v) is 3.87. The fourth-order valence-electron chi connectivity index (χ4n) is 3.04. The lowest BCUT2D eigenvalue weighted by Crippen LogP contribution is -2.51. The van der Waals surface area contributed by atoms with Gasteiger partial charge < -0.3 is 14.2 Å². The van der Waals surface area contributed by atoms with Gasteiger partial charge in [-0.3, -0.25) is 9.59 Å². The number of esters is 2. The average molecular weight is 300 g/mol. The Morgan fingerprint density at radius 3 is 2.14 bits per heavy atom. The highest BCUT2D eigenvalue weighted by Crippen LogP contribution is 2.42. The predicted octanol–water partition coefficient (Wildman–Crippen LogP) is 2.57. The summed E-state index contributed by atoms with van der Waals surface area (Å²) in [6.07, 6.45) is 2.06. The Morgan fingerprint density at radius 2 is 1.76 bits per heavy atom. The zero-order chi connectivity index (χ0) is 15.9. The highest BCUT2D eigenvalue weighted by atomic mass is 16.6. The summed E-state index contributed by atoms with van der Waals surface area (Å²) in [6, 6.07) is 0. The molecule has 0 amide bonds. The molecule has 1 atom stereocenters. The van der Waals surface area contributed by atoms with E-state index in [0.717, 1.165) is 12.8 Å². The number of rotatable bonds is 7. The molecule has 1 saturated heterocycles. The molecule has 1 aliphatic heterocycles. The van der Waals surface area contributed by atoms with Crippen molar-refractivity contribution >= 4 is 11.9 Å². The van der Waals surface area contributed by atoms with Crippen LogP contribution < -0.4 is 0 Å². The van der Waals surface area contributed by atoms with Gasteiger partial charge in [0.1, 0.15) is 0 Å². The summed E-state index contributed by atoms with van der Waals surface area (Å²) in [6.45, 7) is 9.09. The smallest absolute Gasteiger partial charge is 0.323 e. The lowest BCUT2D eigenvalue weighted by molar-refractivity contribution is -0.183. The molecule has 122 valence electrons. The molecule has 0 aliphatic carbocycles. The van der Waals surface area contributed by atoms with Crippen LogP contribution >= 0.6 is 0 Å². The number of hydrogen-bond donors (Lipinski definition) is 0. The maximum atomic E-state index is 12.6. The van der Waals surface area contributed by atoms with E-state index in [-0.39, 0.29) is 25.0 Å². The van der Waals surface area contributed by atoms with Gasteiger partial charge in [-0.2, -0.15) is 0 Å². The molecule has 0 aromatic heterocycles. The van der Waals surface area contributed by atoms with Crippen molar-refractivity contribution in [3.63, 3.8) is 0 Å². The van der Waals surface area contributed by atoms with Gasteiger partial charge >= 0.3 is 11.9 Å². The summed E-state index contributed by atoms with van der Waals surface area (Å²) < 4.78 is 16.0. The third kappa shape index (κ3) is 4.19. The van der Waals surface area contributed by atoms with Crippen molar-refractivity contribution in [2.75, 3.05) is 26.4 Å². The minimum atomic E-state index is -1.24. The monoisotopic (exact) mass is 300 g/mol. The molecule has 1 rings (SSSR count). The summed E-state index contributed by atoms with van der Waals surface area (Å²) in [4.78, 5) is 25.3. The van der Waals surface area contributed by atoms with Gasteiger partial charge in [0.2, 0.25) is 0 Å². The van der Waals surface area contributed by atoms with Gasteiger partial charge in [0.25, 0.3) is 0 Å². The fraction of sp³-hybridized carbons (Fsp3) is 0.875. The molecule has 5 heteroatoms.